The van der Waals surface area contributed by atoms with Crippen LogP contribution in [0.5, 0.6) is 0 Å². The highest BCUT2D eigenvalue weighted by atomic mass is 16.2. The predicted octanol–water partition coefficient (Wildman–Crippen LogP) is 1.29. The minimum absolute atomic E-state index is 0.128. The Morgan fingerprint density at radius 3 is 2.76 bits per heavy atom. The van der Waals surface area contributed by atoms with E-state index in [1.807, 2.05) is 11.8 Å². The Morgan fingerprint density at radius 2 is 2.14 bits per heavy atom. The first kappa shape index (κ1) is 14.3. The lowest BCUT2D eigenvalue weighted by Crippen LogP contribution is -2.43. The van der Waals surface area contributed by atoms with Crippen molar-refractivity contribution in [1.82, 2.24) is 15.2 Å². The van der Waals surface area contributed by atoms with Crippen molar-refractivity contribution >= 4 is 5.91 Å². The van der Waals surface area contributed by atoms with Gasteiger partial charge in [0.05, 0.1) is 0 Å². The molecular formula is C16H23N3O2. The van der Waals surface area contributed by atoms with E-state index in [1.54, 1.807) is 6.20 Å². The Balaban J connectivity index is 1.76. The molecule has 5 heteroatoms. The molecule has 1 unspecified atom stereocenters. The summed E-state index contributed by atoms with van der Waals surface area (Å²) in [4.78, 5) is 29.6. The van der Waals surface area contributed by atoms with Crippen molar-refractivity contribution in [2.45, 2.75) is 38.6 Å². The number of aromatic amines is 1. The molecule has 1 saturated heterocycles. The zero-order chi connectivity index (χ0) is 14.8. The van der Waals surface area contributed by atoms with Crippen LogP contribution in [0.1, 0.15) is 41.7 Å². The number of aromatic nitrogens is 1. The maximum Gasteiger partial charge on any atom is 0.259 e. The zero-order valence-corrected chi connectivity index (χ0v) is 12.5. The number of H-pyrrole nitrogens is 1. The van der Waals surface area contributed by atoms with E-state index in [2.05, 4.69) is 10.3 Å². The summed E-state index contributed by atoms with van der Waals surface area (Å²) >= 11 is 0. The molecule has 1 atom stereocenters. The van der Waals surface area contributed by atoms with Crippen LogP contribution in [-0.4, -0.2) is 41.5 Å². The molecule has 3 rings (SSSR count). The molecule has 0 radical (unpaired) electrons. The molecule has 1 amide bonds. The molecule has 1 aromatic rings. The number of pyridine rings is 1. The van der Waals surface area contributed by atoms with Crippen LogP contribution in [0.4, 0.5) is 0 Å². The van der Waals surface area contributed by atoms with Gasteiger partial charge < -0.3 is 15.2 Å². The van der Waals surface area contributed by atoms with Gasteiger partial charge in [-0.1, -0.05) is 0 Å². The molecule has 1 aliphatic heterocycles. The minimum Gasteiger partial charge on any atom is -0.364 e. The van der Waals surface area contributed by atoms with Crippen molar-refractivity contribution in [3.63, 3.8) is 0 Å². The summed E-state index contributed by atoms with van der Waals surface area (Å²) in [7, 11) is 0. The standard InChI is InChI=1S/C16H23N3O2/c1-11-7-15(20)14(8-18-11)16(21)19(9-12-4-5-12)10-13-3-2-6-17-13/h7-8,12-13,17H,2-6,9-10H2,1H3,(H,18,20). The van der Waals surface area contributed by atoms with Crippen LogP contribution in [0.25, 0.3) is 0 Å². The van der Waals surface area contributed by atoms with Crippen molar-refractivity contribution in [1.29, 1.82) is 0 Å². The number of hydrogen-bond acceptors (Lipinski definition) is 3. The predicted molar refractivity (Wildman–Crippen MR) is 81.5 cm³/mol. The van der Waals surface area contributed by atoms with Crippen molar-refractivity contribution in [3.8, 4) is 0 Å². The number of hydrogen-bond donors (Lipinski definition) is 2. The summed E-state index contributed by atoms with van der Waals surface area (Å²) in [5, 5.41) is 3.43. The van der Waals surface area contributed by atoms with Crippen molar-refractivity contribution in [2.75, 3.05) is 19.6 Å². The Kier molecular flexibility index (Phi) is 4.10. The molecule has 0 spiro atoms. The molecule has 0 bridgehead atoms. The average Bonchev–Trinajstić information content (AvgIpc) is 3.11. The summed E-state index contributed by atoms with van der Waals surface area (Å²) in [5.41, 5.74) is 0.860. The summed E-state index contributed by atoms with van der Waals surface area (Å²) in [6.07, 6.45) is 6.24. The molecule has 114 valence electrons. The summed E-state index contributed by atoms with van der Waals surface area (Å²) in [5.74, 6) is 0.497. The van der Waals surface area contributed by atoms with Crippen LogP contribution in [0.3, 0.4) is 0 Å². The topological polar surface area (TPSA) is 65.2 Å². The van der Waals surface area contributed by atoms with Gasteiger partial charge in [-0.2, -0.15) is 0 Å². The van der Waals surface area contributed by atoms with Gasteiger partial charge in [-0.15, -0.1) is 0 Å². The van der Waals surface area contributed by atoms with Gasteiger partial charge in [-0.3, -0.25) is 9.59 Å². The Labute approximate surface area is 124 Å². The molecule has 5 nitrogen and oxygen atoms in total. The Bertz CT molecular complexity index is 571. The Morgan fingerprint density at radius 1 is 1.33 bits per heavy atom. The van der Waals surface area contributed by atoms with E-state index in [-0.39, 0.29) is 16.9 Å². The maximum atomic E-state index is 12.7. The highest BCUT2D eigenvalue weighted by Gasteiger charge is 2.30. The molecule has 1 saturated carbocycles. The molecule has 2 heterocycles. The van der Waals surface area contributed by atoms with E-state index in [1.165, 1.54) is 25.3 Å². The molecular weight excluding hydrogens is 266 g/mol. The van der Waals surface area contributed by atoms with Crippen LogP contribution in [0, 0.1) is 12.8 Å². The van der Waals surface area contributed by atoms with Crippen LogP contribution >= 0.6 is 0 Å². The van der Waals surface area contributed by atoms with Gasteiger partial charge >= 0.3 is 0 Å². The van der Waals surface area contributed by atoms with E-state index in [4.69, 9.17) is 0 Å². The van der Waals surface area contributed by atoms with Gasteiger partial charge in [0.2, 0.25) is 0 Å². The number of carbonyl (C=O) groups is 1. The number of rotatable bonds is 5. The molecule has 0 aromatic carbocycles. The van der Waals surface area contributed by atoms with Crippen molar-refractivity contribution in [3.05, 3.63) is 33.7 Å². The number of amides is 1. The molecule has 1 aliphatic carbocycles. The van der Waals surface area contributed by atoms with Gasteiger partial charge in [0.25, 0.3) is 5.91 Å². The van der Waals surface area contributed by atoms with Gasteiger partial charge in [-0.05, 0) is 45.1 Å². The highest BCUT2D eigenvalue weighted by molar-refractivity contribution is 5.93. The largest absolute Gasteiger partial charge is 0.364 e. The molecule has 21 heavy (non-hydrogen) atoms. The molecule has 2 aliphatic rings. The van der Waals surface area contributed by atoms with Crippen molar-refractivity contribution in [2.24, 2.45) is 5.92 Å². The van der Waals surface area contributed by atoms with Gasteiger partial charge in [0.1, 0.15) is 5.56 Å². The third-order valence-electron chi connectivity index (χ3n) is 4.35. The summed E-state index contributed by atoms with van der Waals surface area (Å²) in [6.45, 7) is 4.34. The number of aryl methyl sites for hydroxylation is 1. The van der Waals surface area contributed by atoms with Crippen LogP contribution in [0.2, 0.25) is 0 Å². The van der Waals surface area contributed by atoms with E-state index < -0.39 is 0 Å². The lowest BCUT2D eigenvalue weighted by atomic mass is 10.1. The van der Waals surface area contributed by atoms with E-state index in [0.717, 1.165) is 25.2 Å². The quantitative estimate of drug-likeness (QED) is 0.858. The fourth-order valence-corrected chi connectivity index (χ4v) is 2.94. The van der Waals surface area contributed by atoms with E-state index in [9.17, 15) is 9.59 Å². The first-order chi connectivity index (χ1) is 10.1. The second-order valence-corrected chi connectivity index (χ2v) is 6.34. The van der Waals surface area contributed by atoms with Crippen LogP contribution in [0.15, 0.2) is 17.1 Å². The van der Waals surface area contributed by atoms with E-state index >= 15 is 0 Å². The van der Waals surface area contributed by atoms with Crippen molar-refractivity contribution < 1.29 is 4.79 Å². The first-order valence-electron chi connectivity index (χ1n) is 7.85. The minimum atomic E-state index is -0.184. The summed E-state index contributed by atoms with van der Waals surface area (Å²) in [6, 6.07) is 1.87. The molecule has 2 N–H and O–H groups in total. The van der Waals surface area contributed by atoms with E-state index in [0.29, 0.717) is 18.5 Å². The second kappa shape index (κ2) is 6.02. The molecule has 2 fully saturated rings. The van der Waals surface area contributed by atoms with Gasteiger partial charge in [0.15, 0.2) is 5.43 Å². The first-order valence-corrected chi connectivity index (χ1v) is 7.85. The zero-order valence-electron chi connectivity index (χ0n) is 12.5. The smallest absolute Gasteiger partial charge is 0.259 e. The monoisotopic (exact) mass is 289 g/mol. The number of nitrogens with one attached hydrogen (secondary N) is 2. The third kappa shape index (κ3) is 3.53. The number of nitrogens with zero attached hydrogens (tertiary/aromatic N) is 1. The lowest BCUT2D eigenvalue weighted by Gasteiger charge is -2.26. The van der Waals surface area contributed by atoms with Gasteiger partial charge in [0, 0.05) is 37.1 Å². The molecule has 1 aromatic heterocycles. The third-order valence-corrected chi connectivity index (χ3v) is 4.35. The fourth-order valence-electron chi connectivity index (χ4n) is 2.94. The Hall–Kier alpha value is -1.62. The lowest BCUT2D eigenvalue weighted by molar-refractivity contribution is 0.0732. The highest BCUT2D eigenvalue weighted by Crippen LogP contribution is 2.30. The van der Waals surface area contributed by atoms with Gasteiger partial charge in [-0.25, -0.2) is 0 Å². The van der Waals surface area contributed by atoms with Crippen LogP contribution in [-0.2, 0) is 0 Å². The normalized spacial score (nSPS) is 21.5. The maximum absolute atomic E-state index is 12.7. The average molecular weight is 289 g/mol. The fraction of sp³-hybridized carbons (Fsp3) is 0.625. The number of carbonyl (C=O) groups excluding carboxylic acids is 1. The second-order valence-electron chi connectivity index (χ2n) is 6.34. The SMILES string of the molecule is Cc1cc(=O)c(C(=O)N(CC2CC2)CC2CCCN2)c[nH]1. The van der Waals surface area contributed by atoms with Crippen LogP contribution < -0.4 is 10.7 Å². The summed E-state index contributed by atoms with van der Waals surface area (Å²) < 4.78 is 0.